The summed E-state index contributed by atoms with van der Waals surface area (Å²) in [5.74, 6) is 0. The third-order valence-corrected chi connectivity index (χ3v) is 3.77. The van der Waals surface area contributed by atoms with Crippen LogP contribution in [0.25, 0.3) is 0 Å². The van der Waals surface area contributed by atoms with Crippen LogP contribution >= 0.6 is 22.0 Å². The van der Waals surface area contributed by atoms with E-state index in [9.17, 15) is 8.42 Å². The minimum atomic E-state index is -3.57. The fourth-order valence-corrected chi connectivity index (χ4v) is 1.98. The number of nitrogens with zero attached hydrogens (tertiary/aromatic N) is 1. The summed E-state index contributed by atoms with van der Waals surface area (Å²) in [5.41, 5.74) is 0. The average Bonchev–Trinajstić information content (AvgIpc) is 2.37. The molecule has 0 amide bonds. The van der Waals surface area contributed by atoms with Gasteiger partial charge in [0.1, 0.15) is 0 Å². The maximum Gasteiger partial charge on any atom is 0.299 e. The van der Waals surface area contributed by atoms with E-state index in [2.05, 4.69) is 0 Å². The van der Waals surface area contributed by atoms with Crippen molar-refractivity contribution < 1.29 is 8.42 Å². The van der Waals surface area contributed by atoms with Gasteiger partial charge in [-0.3, -0.25) is 0 Å². The molecule has 12 heavy (non-hydrogen) atoms. The molecule has 0 saturated carbocycles. The lowest BCUT2D eigenvalue weighted by molar-refractivity contribution is 0.484. The summed E-state index contributed by atoms with van der Waals surface area (Å²) in [4.78, 5) is 0.974. The summed E-state index contributed by atoms with van der Waals surface area (Å²) in [6.45, 7) is 0.337. The van der Waals surface area contributed by atoms with Crippen LogP contribution in [0.1, 0.15) is 4.88 Å². The Balaban J connectivity index is 2.66. The molecule has 1 aromatic rings. The van der Waals surface area contributed by atoms with E-state index < -0.39 is 9.24 Å². The van der Waals surface area contributed by atoms with Crippen LogP contribution in [0.4, 0.5) is 0 Å². The molecule has 0 aliphatic carbocycles. The van der Waals surface area contributed by atoms with Crippen molar-refractivity contribution in [3.63, 3.8) is 0 Å². The minimum absolute atomic E-state index is 0.337. The Kier molecular flexibility index (Phi) is 3.11. The molecule has 0 aromatic carbocycles. The molecule has 1 aromatic heterocycles. The normalized spacial score (nSPS) is 12.2. The fraction of sp³-hybridized carbons (Fsp3) is 0.333. The van der Waals surface area contributed by atoms with Gasteiger partial charge in [-0.15, -0.1) is 11.3 Å². The second-order valence-electron chi connectivity index (χ2n) is 2.28. The zero-order valence-electron chi connectivity index (χ0n) is 6.40. The van der Waals surface area contributed by atoms with E-state index in [0.29, 0.717) is 6.54 Å². The first-order valence-electron chi connectivity index (χ1n) is 3.18. The molecule has 0 radical (unpaired) electrons. The SMILES string of the molecule is CN(Cc1cccs1)S(=O)(=O)Cl. The topological polar surface area (TPSA) is 37.4 Å². The summed E-state index contributed by atoms with van der Waals surface area (Å²) in [7, 11) is 2.98. The molecule has 0 aliphatic rings. The predicted octanol–water partition coefficient (Wildman–Crippen LogP) is 1.66. The Morgan fingerprint density at radius 3 is 2.75 bits per heavy atom. The van der Waals surface area contributed by atoms with Gasteiger partial charge < -0.3 is 0 Å². The largest absolute Gasteiger partial charge is 0.299 e. The zero-order chi connectivity index (χ0) is 9.19. The van der Waals surface area contributed by atoms with Gasteiger partial charge in [-0.1, -0.05) is 6.07 Å². The molecule has 0 aliphatic heterocycles. The van der Waals surface area contributed by atoms with Crippen LogP contribution in [-0.2, 0) is 15.8 Å². The number of hydrogen-bond acceptors (Lipinski definition) is 3. The van der Waals surface area contributed by atoms with Gasteiger partial charge in [0.25, 0.3) is 9.24 Å². The molecule has 0 fully saturated rings. The van der Waals surface area contributed by atoms with Crippen LogP contribution in [0.15, 0.2) is 17.5 Å². The molecule has 0 saturated heterocycles. The third kappa shape index (κ3) is 2.75. The van der Waals surface area contributed by atoms with E-state index >= 15 is 0 Å². The molecular weight excluding hydrogens is 218 g/mol. The van der Waals surface area contributed by atoms with E-state index in [0.717, 1.165) is 9.18 Å². The van der Waals surface area contributed by atoms with Crippen LogP contribution in [0.2, 0.25) is 0 Å². The van der Waals surface area contributed by atoms with Gasteiger partial charge in [0.15, 0.2) is 0 Å². The lowest BCUT2D eigenvalue weighted by atomic mass is 10.5. The van der Waals surface area contributed by atoms with E-state index in [-0.39, 0.29) is 0 Å². The summed E-state index contributed by atoms with van der Waals surface area (Å²) in [6, 6.07) is 3.73. The molecule has 6 heteroatoms. The second kappa shape index (κ2) is 3.74. The molecule has 0 unspecified atom stereocenters. The highest BCUT2D eigenvalue weighted by atomic mass is 35.7. The number of halogens is 1. The Labute approximate surface area is 80.1 Å². The summed E-state index contributed by atoms with van der Waals surface area (Å²) in [6.07, 6.45) is 0. The molecule has 68 valence electrons. The molecule has 0 atom stereocenters. The van der Waals surface area contributed by atoms with Crippen LogP contribution in [0.3, 0.4) is 0 Å². The first kappa shape index (κ1) is 9.98. The fourth-order valence-electron chi connectivity index (χ4n) is 0.699. The average molecular weight is 226 g/mol. The lowest BCUT2D eigenvalue weighted by Crippen LogP contribution is -2.20. The smallest absolute Gasteiger partial charge is 0.195 e. The Hall–Kier alpha value is -0.100. The van der Waals surface area contributed by atoms with Crippen molar-refractivity contribution in [2.45, 2.75) is 6.54 Å². The Morgan fingerprint density at radius 2 is 2.33 bits per heavy atom. The molecule has 0 spiro atoms. The first-order chi connectivity index (χ1) is 5.50. The summed E-state index contributed by atoms with van der Waals surface area (Å²) >= 11 is 1.50. The number of hydrogen-bond donors (Lipinski definition) is 0. The van der Waals surface area contributed by atoms with Gasteiger partial charge in [0, 0.05) is 29.2 Å². The van der Waals surface area contributed by atoms with E-state index in [1.165, 1.54) is 18.4 Å². The van der Waals surface area contributed by atoms with Crippen molar-refractivity contribution in [3.05, 3.63) is 22.4 Å². The van der Waals surface area contributed by atoms with Gasteiger partial charge in [-0.2, -0.15) is 12.7 Å². The molecule has 1 heterocycles. The van der Waals surface area contributed by atoms with Crippen molar-refractivity contribution in [3.8, 4) is 0 Å². The van der Waals surface area contributed by atoms with Crippen molar-refractivity contribution in [1.29, 1.82) is 0 Å². The van der Waals surface area contributed by atoms with Gasteiger partial charge in [-0.25, -0.2) is 0 Å². The van der Waals surface area contributed by atoms with Gasteiger partial charge in [0.2, 0.25) is 0 Å². The molecular formula is C6H8ClNO2S2. The summed E-state index contributed by atoms with van der Waals surface area (Å²) in [5, 5.41) is 1.89. The minimum Gasteiger partial charge on any atom is -0.195 e. The van der Waals surface area contributed by atoms with Crippen molar-refractivity contribution >= 4 is 31.3 Å². The van der Waals surface area contributed by atoms with E-state index in [1.54, 1.807) is 0 Å². The Morgan fingerprint density at radius 1 is 1.67 bits per heavy atom. The highest BCUT2D eigenvalue weighted by molar-refractivity contribution is 8.11. The second-order valence-corrected chi connectivity index (χ2v) is 5.93. The standard InChI is InChI=1S/C6H8ClNO2S2/c1-8(12(7,9)10)5-6-3-2-4-11-6/h2-4H,5H2,1H3. The van der Waals surface area contributed by atoms with Gasteiger partial charge >= 0.3 is 0 Å². The summed E-state index contributed by atoms with van der Waals surface area (Å²) < 4.78 is 22.6. The van der Waals surface area contributed by atoms with E-state index in [4.69, 9.17) is 10.7 Å². The number of rotatable bonds is 3. The monoisotopic (exact) mass is 225 g/mol. The van der Waals surface area contributed by atoms with E-state index in [1.807, 2.05) is 17.5 Å². The third-order valence-electron chi connectivity index (χ3n) is 1.33. The first-order valence-corrected chi connectivity index (χ1v) is 6.33. The van der Waals surface area contributed by atoms with Gasteiger partial charge in [-0.05, 0) is 11.4 Å². The van der Waals surface area contributed by atoms with Crippen LogP contribution in [0.5, 0.6) is 0 Å². The van der Waals surface area contributed by atoms with Crippen LogP contribution < -0.4 is 0 Å². The highest BCUT2D eigenvalue weighted by Gasteiger charge is 2.13. The Bertz CT molecular complexity index is 332. The molecule has 0 bridgehead atoms. The zero-order valence-corrected chi connectivity index (χ0v) is 8.79. The number of thiophene rings is 1. The molecule has 1 rings (SSSR count). The van der Waals surface area contributed by atoms with Crippen molar-refractivity contribution in [2.75, 3.05) is 7.05 Å². The maximum absolute atomic E-state index is 10.8. The van der Waals surface area contributed by atoms with Gasteiger partial charge in [0.05, 0.1) is 0 Å². The van der Waals surface area contributed by atoms with Crippen molar-refractivity contribution in [2.24, 2.45) is 0 Å². The highest BCUT2D eigenvalue weighted by Crippen LogP contribution is 2.14. The lowest BCUT2D eigenvalue weighted by Gasteiger charge is -2.09. The molecule has 0 N–H and O–H groups in total. The van der Waals surface area contributed by atoms with Crippen molar-refractivity contribution in [1.82, 2.24) is 4.31 Å². The van der Waals surface area contributed by atoms with Crippen LogP contribution in [0, 0.1) is 0 Å². The predicted molar refractivity (Wildman–Crippen MR) is 50.6 cm³/mol. The van der Waals surface area contributed by atoms with Crippen LogP contribution in [-0.4, -0.2) is 19.8 Å². The quantitative estimate of drug-likeness (QED) is 0.734. The maximum atomic E-state index is 10.8. The molecule has 3 nitrogen and oxygen atoms in total.